The molecule has 2 aromatic heterocycles. The van der Waals surface area contributed by atoms with Gasteiger partial charge in [0.25, 0.3) is 0 Å². The lowest BCUT2D eigenvalue weighted by molar-refractivity contribution is 0.198. The molecule has 8 nitrogen and oxygen atoms in total. The fraction of sp³-hybridized carbons (Fsp3) is 0.400. The molecule has 0 unspecified atom stereocenters. The molecule has 0 aliphatic carbocycles. The molecule has 8 heteroatoms. The normalized spacial score (nSPS) is 10.5. The highest BCUT2D eigenvalue weighted by atomic mass is 16.5. The van der Waals surface area contributed by atoms with Crippen LogP contribution in [-0.2, 0) is 11.3 Å². The Hall–Kier alpha value is -2.06. The molecule has 96 valence electrons. The Kier molecular flexibility index (Phi) is 4.56. The Morgan fingerprint density at radius 1 is 1.33 bits per heavy atom. The van der Waals surface area contributed by atoms with E-state index in [9.17, 15) is 0 Å². The lowest BCUT2D eigenvalue weighted by atomic mass is 10.5. The molecule has 0 aliphatic heterocycles. The van der Waals surface area contributed by atoms with Gasteiger partial charge in [0.1, 0.15) is 0 Å². The minimum Gasteiger partial charge on any atom is -0.406 e. The zero-order valence-corrected chi connectivity index (χ0v) is 9.96. The quantitative estimate of drug-likeness (QED) is 0.679. The number of hydrogen-bond donors (Lipinski definition) is 2. The van der Waals surface area contributed by atoms with Crippen LogP contribution in [0.2, 0.25) is 0 Å². The summed E-state index contributed by atoms with van der Waals surface area (Å²) in [5, 5.41) is 21.3. The predicted molar refractivity (Wildman–Crippen MR) is 63.2 cm³/mol. The first-order valence-corrected chi connectivity index (χ1v) is 5.45. The van der Waals surface area contributed by atoms with E-state index < -0.39 is 0 Å². The van der Waals surface area contributed by atoms with Crippen molar-refractivity contribution in [2.24, 2.45) is 0 Å². The molecule has 0 fully saturated rings. The first-order valence-electron chi connectivity index (χ1n) is 5.45. The number of methoxy groups -OCH3 is 1. The van der Waals surface area contributed by atoms with E-state index in [0.29, 0.717) is 30.9 Å². The first-order chi connectivity index (χ1) is 8.88. The molecular formula is C10H14N6O2. The summed E-state index contributed by atoms with van der Waals surface area (Å²) in [5.41, 5.74) is 0. The summed E-state index contributed by atoms with van der Waals surface area (Å²) in [7, 11) is 1.65. The second-order valence-corrected chi connectivity index (χ2v) is 3.40. The van der Waals surface area contributed by atoms with Crippen LogP contribution in [0.3, 0.4) is 0 Å². The van der Waals surface area contributed by atoms with Gasteiger partial charge in [-0.15, -0.1) is 10.2 Å². The molecule has 0 saturated heterocycles. The zero-order chi connectivity index (χ0) is 12.6. The van der Waals surface area contributed by atoms with E-state index in [2.05, 4.69) is 31.0 Å². The summed E-state index contributed by atoms with van der Waals surface area (Å²) in [6, 6.07) is 3.81. The fourth-order valence-electron chi connectivity index (χ4n) is 1.22. The van der Waals surface area contributed by atoms with Gasteiger partial charge in [-0.25, -0.2) is 0 Å². The summed E-state index contributed by atoms with van der Waals surface area (Å²) in [5.74, 6) is 1.05. The maximum absolute atomic E-state index is 5.36. The van der Waals surface area contributed by atoms with Crippen molar-refractivity contribution in [3.8, 4) is 0 Å². The maximum atomic E-state index is 5.36. The Labute approximate surface area is 104 Å². The molecule has 0 saturated carbocycles. The van der Waals surface area contributed by atoms with Gasteiger partial charge < -0.3 is 14.5 Å². The maximum Gasteiger partial charge on any atom is 0.321 e. The summed E-state index contributed by atoms with van der Waals surface area (Å²) >= 11 is 0. The average Bonchev–Trinajstić information content (AvgIpc) is 2.84. The molecule has 0 amide bonds. The van der Waals surface area contributed by atoms with Gasteiger partial charge in [0.05, 0.1) is 13.2 Å². The third kappa shape index (κ3) is 3.75. The molecule has 0 spiro atoms. The van der Waals surface area contributed by atoms with E-state index in [0.717, 1.165) is 6.54 Å². The summed E-state index contributed by atoms with van der Waals surface area (Å²) in [4.78, 5) is 0. The van der Waals surface area contributed by atoms with Crippen molar-refractivity contribution in [3.63, 3.8) is 0 Å². The molecule has 0 bridgehead atoms. The van der Waals surface area contributed by atoms with Crippen molar-refractivity contribution in [1.29, 1.82) is 0 Å². The van der Waals surface area contributed by atoms with Crippen LogP contribution in [0.4, 0.5) is 11.8 Å². The third-order valence-electron chi connectivity index (χ3n) is 2.03. The lowest BCUT2D eigenvalue weighted by Crippen LogP contribution is -2.18. The van der Waals surface area contributed by atoms with Crippen LogP contribution in [0.5, 0.6) is 0 Å². The van der Waals surface area contributed by atoms with Crippen LogP contribution < -0.4 is 10.6 Å². The van der Waals surface area contributed by atoms with E-state index in [-0.39, 0.29) is 0 Å². The number of nitrogens with zero attached hydrogens (tertiary/aromatic N) is 4. The average molecular weight is 250 g/mol. The van der Waals surface area contributed by atoms with Gasteiger partial charge in [-0.05, 0) is 12.1 Å². The van der Waals surface area contributed by atoms with Gasteiger partial charge in [-0.2, -0.15) is 5.10 Å². The SMILES string of the molecule is COCCNCc1nnc(Nc2cccnn2)o1. The topological polar surface area (TPSA) is 98.0 Å². The molecule has 0 atom stereocenters. The fourth-order valence-corrected chi connectivity index (χ4v) is 1.22. The minimum atomic E-state index is 0.291. The molecule has 2 N–H and O–H groups in total. The molecule has 2 heterocycles. The van der Waals surface area contributed by atoms with E-state index in [1.54, 1.807) is 25.4 Å². The van der Waals surface area contributed by atoms with Crippen molar-refractivity contribution in [1.82, 2.24) is 25.7 Å². The highest BCUT2D eigenvalue weighted by Crippen LogP contribution is 2.11. The third-order valence-corrected chi connectivity index (χ3v) is 2.03. The predicted octanol–water partition coefficient (Wildman–Crippen LogP) is 0.339. The van der Waals surface area contributed by atoms with Gasteiger partial charge in [0.2, 0.25) is 5.89 Å². The van der Waals surface area contributed by atoms with E-state index in [1.807, 2.05) is 0 Å². The second kappa shape index (κ2) is 6.62. The van der Waals surface area contributed by atoms with Crippen molar-refractivity contribution in [2.75, 3.05) is 25.6 Å². The lowest BCUT2D eigenvalue weighted by Gasteiger charge is -1.99. The smallest absolute Gasteiger partial charge is 0.321 e. The summed E-state index contributed by atoms with van der Waals surface area (Å²) in [6.45, 7) is 1.86. The Morgan fingerprint density at radius 2 is 2.28 bits per heavy atom. The highest BCUT2D eigenvalue weighted by molar-refractivity contribution is 5.43. The van der Waals surface area contributed by atoms with Crippen molar-refractivity contribution in [3.05, 3.63) is 24.2 Å². The van der Waals surface area contributed by atoms with Crippen LogP contribution in [-0.4, -0.2) is 40.7 Å². The Balaban J connectivity index is 1.83. The molecule has 18 heavy (non-hydrogen) atoms. The second-order valence-electron chi connectivity index (χ2n) is 3.40. The van der Waals surface area contributed by atoms with E-state index in [4.69, 9.17) is 9.15 Å². The molecule has 2 rings (SSSR count). The van der Waals surface area contributed by atoms with Crippen LogP contribution in [0.1, 0.15) is 5.89 Å². The van der Waals surface area contributed by atoms with Gasteiger partial charge in [0, 0.05) is 19.9 Å². The number of nitrogens with one attached hydrogen (secondary N) is 2. The van der Waals surface area contributed by atoms with Crippen molar-refractivity contribution >= 4 is 11.8 Å². The molecule has 0 aromatic carbocycles. The number of hydrogen-bond acceptors (Lipinski definition) is 8. The highest BCUT2D eigenvalue weighted by Gasteiger charge is 2.06. The van der Waals surface area contributed by atoms with Crippen molar-refractivity contribution in [2.45, 2.75) is 6.54 Å². The Bertz CT molecular complexity index is 460. The van der Waals surface area contributed by atoms with Gasteiger partial charge in [0.15, 0.2) is 5.82 Å². The number of anilines is 2. The summed E-state index contributed by atoms with van der Waals surface area (Å²) in [6.07, 6.45) is 1.59. The number of ether oxygens (including phenoxy) is 1. The first kappa shape index (κ1) is 12.4. The summed E-state index contributed by atoms with van der Waals surface area (Å²) < 4.78 is 10.3. The Morgan fingerprint density at radius 3 is 3.06 bits per heavy atom. The van der Waals surface area contributed by atoms with Crippen LogP contribution in [0.25, 0.3) is 0 Å². The molecule has 0 radical (unpaired) electrons. The van der Waals surface area contributed by atoms with E-state index >= 15 is 0 Å². The monoisotopic (exact) mass is 250 g/mol. The molecule has 0 aliphatic rings. The standard InChI is InChI=1S/C10H14N6O2/c1-17-6-5-11-7-9-15-16-10(18-9)13-8-3-2-4-12-14-8/h2-4,11H,5-7H2,1H3,(H,13,14,16). The molecular weight excluding hydrogens is 236 g/mol. The number of rotatable bonds is 7. The number of aromatic nitrogens is 4. The van der Waals surface area contributed by atoms with Gasteiger partial charge in [-0.3, -0.25) is 5.32 Å². The zero-order valence-electron chi connectivity index (χ0n) is 9.96. The van der Waals surface area contributed by atoms with Crippen LogP contribution in [0, 0.1) is 0 Å². The van der Waals surface area contributed by atoms with Gasteiger partial charge >= 0.3 is 6.01 Å². The minimum absolute atomic E-state index is 0.291. The van der Waals surface area contributed by atoms with Crippen molar-refractivity contribution < 1.29 is 9.15 Å². The van der Waals surface area contributed by atoms with Crippen LogP contribution in [0.15, 0.2) is 22.7 Å². The van der Waals surface area contributed by atoms with Crippen LogP contribution >= 0.6 is 0 Å². The molecule has 2 aromatic rings. The largest absolute Gasteiger partial charge is 0.406 e. The van der Waals surface area contributed by atoms with Gasteiger partial charge in [-0.1, -0.05) is 5.10 Å². The van der Waals surface area contributed by atoms with E-state index in [1.165, 1.54) is 0 Å².